The molecule has 0 spiro atoms. The van der Waals surface area contributed by atoms with Crippen LogP contribution in [0.3, 0.4) is 0 Å². The number of fused-ring (bicyclic) bond motifs is 1. The standard InChI is InChI=1S/C13H15N3O3S/c1-9-13(8-14-15-9)20(17,18)16-11-6-7-19-12-5-3-2-4-10(11)12/h2-5,8,11,16H,6-7H2,1H3,(H,14,15). The summed E-state index contributed by atoms with van der Waals surface area (Å²) in [6.07, 6.45) is 1.93. The molecule has 20 heavy (non-hydrogen) atoms. The molecule has 1 unspecified atom stereocenters. The molecule has 1 atom stereocenters. The molecule has 7 heteroatoms. The molecule has 0 aliphatic carbocycles. The van der Waals surface area contributed by atoms with E-state index in [2.05, 4.69) is 14.9 Å². The number of benzene rings is 1. The zero-order valence-electron chi connectivity index (χ0n) is 11.0. The average Bonchev–Trinajstić information content (AvgIpc) is 2.86. The smallest absolute Gasteiger partial charge is 0.244 e. The van der Waals surface area contributed by atoms with Gasteiger partial charge in [0.1, 0.15) is 10.6 Å². The maximum atomic E-state index is 12.4. The number of aryl methyl sites for hydroxylation is 1. The molecule has 1 aliphatic heterocycles. The van der Waals surface area contributed by atoms with Gasteiger partial charge in [0.05, 0.1) is 24.5 Å². The van der Waals surface area contributed by atoms with Gasteiger partial charge in [0, 0.05) is 12.0 Å². The fraction of sp³-hybridized carbons (Fsp3) is 0.308. The van der Waals surface area contributed by atoms with E-state index in [0.717, 1.165) is 11.3 Å². The molecule has 0 fully saturated rings. The van der Waals surface area contributed by atoms with Gasteiger partial charge in [0.15, 0.2) is 0 Å². The first kappa shape index (κ1) is 13.1. The molecule has 0 saturated heterocycles. The van der Waals surface area contributed by atoms with Crippen molar-refractivity contribution in [1.82, 2.24) is 14.9 Å². The Morgan fingerprint density at radius 3 is 2.95 bits per heavy atom. The lowest BCUT2D eigenvalue weighted by atomic mass is 10.0. The Bertz CT molecular complexity index is 724. The first-order valence-corrected chi connectivity index (χ1v) is 7.80. The Kier molecular flexibility index (Phi) is 3.23. The van der Waals surface area contributed by atoms with Crippen molar-refractivity contribution in [1.29, 1.82) is 0 Å². The summed E-state index contributed by atoms with van der Waals surface area (Å²) in [5.74, 6) is 0.732. The molecule has 1 aromatic carbocycles. The van der Waals surface area contributed by atoms with Gasteiger partial charge in [0.25, 0.3) is 0 Å². The molecule has 1 aliphatic rings. The second-order valence-electron chi connectivity index (χ2n) is 4.71. The van der Waals surface area contributed by atoms with Gasteiger partial charge in [-0.25, -0.2) is 13.1 Å². The van der Waals surface area contributed by atoms with Crippen molar-refractivity contribution in [3.8, 4) is 5.75 Å². The number of hydrogen-bond donors (Lipinski definition) is 2. The van der Waals surface area contributed by atoms with Crippen LogP contribution in [0.2, 0.25) is 0 Å². The Morgan fingerprint density at radius 2 is 2.20 bits per heavy atom. The summed E-state index contributed by atoms with van der Waals surface area (Å²) >= 11 is 0. The fourth-order valence-corrected chi connectivity index (χ4v) is 3.71. The molecule has 0 bridgehead atoms. The third-order valence-corrected chi connectivity index (χ3v) is 4.91. The maximum absolute atomic E-state index is 12.4. The highest BCUT2D eigenvalue weighted by Crippen LogP contribution is 2.32. The number of hydrogen-bond acceptors (Lipinski definition) is 4. The summed E-state index contributed by atoms with van der Waals surface area (Å²) in [7, 11) is -3.59. The van der Waals surface area contributed by atoms with E-state index < -0.39 is 10.0 Å². The summed E-state index contributed by atoms with van der Waals surface area (Å²) < 4.78 is 33.0. The SMILES string of the molecule is Cc1[nH]ncc1S(=O)(=O)NC1CCOc2ccccc21. The van der Waals surface area contributed by atoms with E-state index in [1.165, 1.54) is 6.20 Å². The van der Waals surface area contributed by atoms with Crippen LogP contribution in [0.15, 0.2) is 35.4 Å². The van der Waals surface area contributed by atoms with Crippen LogP contribution < -0.4 is 9.46 Å². The monoisotopic (exact) mass is 293 g/mol. The first-order valence-electron chi connectivity index (χ1n) is 6.32. The van der Waals surface area contributed by atoms with E-state index in [0.29, 0.717) is 18.7 Å². The van der Waals surface area contributed by atoms with Crippen molar-refractivity contribution in [3.05, 3.63) is 41.7 Å². The normalized spacial score (nSPS) is 18.4. The van der Waals surface area contributed by atoms with Crippen molar-refractivity contribution < 1.29 is 13.2 Å². The number of sulfonamides is 1. The lowest BCUT2D eigenvalue weighted by Crippen LogP contribution is -2.32. The predicted molar refractivity (Wildman–Crippen MR) is 72.9 cm³/mol. The lowest BCUT2D eigenvalue weighted by molar-refractivity contribution is 0.263. The van der Waals surface area contributed by atoms with Gasteiger partial charge in [-0.05, 0) is 13.0 Å². The van der Waals surface area contributed by atoms with Crippen LogP contribution in [0.5, 0.6) is 5.75 Å². The summed E-state index contributed by atoms with van der Waals surface area (Å²) in [4.78, 5) is 0.182. The van der Waals surface area contributed by atoms with Crippen LogP contribution in [-0.4, -0.2) is 25.2 Å². The number of para-hydroxylation sites is 1. The van der Waals surface area contributed by atoms with Crippen LogP contribution >= 0.6 is 0 Å². The van der Waals surface area contributed by atoms with Crippen LogP contribution in [0.4, 0.5) is 0 Å². The van der Waals surface area contributed by atoms with E-state index in [4.69, 9.17) is 4.74 Å². The van der Waals surface area contributed by atoms with Gasteiger partial charge in [-0.15, -0.1) is 0 Å². The third-order valence-electron chi connectivity index (χ3n) is 3.33. The summed E-state index contributed by atoms with van der Waals surface area (Å²) in [5.41, 5.74) is 1.39. The highest BCUT2D eigenvalue weighted by Gasteiger charge is 2.27. The number of aromatic nitrogens is 2. The fourth-order valence-electron chi connectivity index (χ4n) is 2.33. The second-order valence-corrected chi connectivity index (χ2v) is 6.39. The van der Waals surface area contributed by atoms with E-state index in [1.807, 2.05) is 24.3 Å². The zero-order chi connectivity index (χ0) is 14.2. The topological polar surface area (TPSA) is 84.1 Å². The number of aromatic amines is 1. The Labute approximate surface area is 117 Å². The predicted octanol–water partition coefficient (Wildman–Crippen LogP) is 1.52. The van der Waals surface area contributed by atoms with Gasteiger partial charge in [0.2, 0.25) is 10.0 Å². The summed E-state index contributed by atoms with van der Waals surface area (Å²) in [6, 6.07) is 7.19. The van der Waals surface area contributed by atoms with Crippen LogP contribution in [0.25, 0.3) is 0 Å². The second kappa shape index (κ2) is 4.92. The summed E-state index contributed by atoms with van der Waals surface area (Å²) in [5, 5.41) is 6.39. The van der Waals surface area contributed by atoms with Gasteiger partial charge < -0.3 is 4.74 Å². The number of ether oxygens (including phenoxy) is 1. The lowest BCUT2D eigenvalue weighted by Gasteiger charge is -2.26. The number of nitrogens with one attached hydrogen (secondary N) is 2. The quantitative estimate of drug-likeness (QED) is 0.898. The highest BCUT2D eigenvalue weighted by atomic mass is 32.2. The Hall–Kier alpha value is -1.86. The minimum absolute atomic E-state index is 0.182. The van der Waals surface area contributed by atoms with Gasteiger partial charge in [-0.3, -0.25) is 5.10 Å². The molecule has 2 N–H and O–H groups in total. The Morgan fingerprint density at radius 1 is 1.40 bits per heavy atom. The van der Waals surface area contributed by atoms with Crippen LogP contribution in [0.1, 0.15) is 23.7 Å². The average molecular weight is 293 g/mol. The molecule has 2 aromatic rings. The van der Waals surface area contributed by atoms with Crippen molar-refractivity contribution in [3.63, 3.8) is 0 Å². The molecule has 2 heterocycles. The molecule has 0 saturated carbocycles. The van der Waals surface area contributed by atoms with E-state index in [9.17, 15) is 8.42 Å². The molecule has 0 amide bonds. The van der Waals surface area contributed by atoms with E-state index >= 15 is 0 Å². The van der Waals surface area contributed by atoms with Crippen LogP contribution in [-0.2, 0) is 10.0 Å². The van der Waals surface area contributed by atoms with Crippen molar-refractivity contribution >= 4 is 10.0 Å². The Balaban J connectivity index is 1.91. The molecule has 3 rings (SSSR count). The van der Waals surface area contributed by atoms with E-state index in [1.54, 1.807) is 6.92 Å². The summed E-state index contributed by atoms with van der Waals surface area (Å²) in [6.45, 7) is 2.17. The molecule has 1 aromatic heterocycles. The van der Waals surface area contributed by atoms with Crippen molar-refractivity contribution in [2.45, 2.75) is 24.3 Å². The van der Waals surface area contributed by atoms with Gasteiger partial charge >= 0.3 is 0 Å². The minimum Gasteiger partial charge on any atom is -0.493 e. The molecular formula is C13H15N3O3S. The molecule has 106 valence electrons. The third kappa shape index (κ3) is 2.30. The van der Waals surface area contributed by atoms with Crippen molar-refractivity contribution in [2.24, 2.45) is 0 Å². The highest BCUT2D eigenvalue weighted by molar-refractivity contribution is 7.89. The van der Waals surface area contributed by atoms with Gasteiger partial charge in [-0.2, -0.15) is 5.10 Å². The maximum Gasteiger partial charge on any atom is 0.244 e. The molecule has 0 radical (unpaired) electrons. The zero-order valence-corrected chi connectivity index (χ0v) is 11.8. The minimum atomic E-state index is -3.59. The molecule has 6 nitrogen and oxygen atoms in total. The number of rotatable bonds is 3. The first-order chi connectivity index (χ1) is 9.58. The van der Waals surface area contributed by atoms with Crippen LogP contribution in [0, 0.1) is 6.92 Å². The largest absolute Gasteiger partial charge is 0.493 e. The molecular weight excluding hydrogens is 278 g/mol. The van der Waals surface area contributed by atoms with Gasteiger partial charge in [-0.1, -0.05) is 18.2 Å². The number of nitrogens with zero attached hydrogens (tertiary/aromatic N) is 1. The number of H-pyrrole nitrogens is 1. The van der Waals surface area contributed by atoms with Crippen molar-refractivity contribution in [2.75, 3.05) is 6.61 Å². The van der Waals surface area contributed by atoms with E-state index in [-0.39, 0.29) is 10.9 Å².